The summed E-state index contributed by atoms with van der Waals surface area (Å²) in [7, 11) is 0. The van der Waals surface area contributed by atoms with E-state index in [0.29, 0.717) is 17.4 Å². The Kier molecular flexibility index (Phi) is 4.11. The molecule has 0 unspecified atom stereocenters. The predicted molar refractivity (Wildman–Crippen MR) is 92.6 cm³/mol. The number of hydrogen-bond acceptors (Lipinski definition) is 5. The number of amides is 2. The quantitative estimate of drug-likeness (QED) is 0.480. The first kappa shape index (κ1) is 16.6. The monoisotopic (exact) mass is 353 g/mol. The largest absolute Gasteiger partial charge is 0.457 e. The molecule has 2 fully saturated rings. The molecule has 3 atom stereocenters. The SMILES string of the molecule is C[C@H]1CC[C@@H]2C(=O)N(c3ccc(OC(=O)c4ccco4)cc3)C(=O)[C@@H]2C1. The maximum absolute atomic E-state index is 12.7. The lowest BCUT2D eigenvalue weighted by Crippen LogP contribution is -2.30. The third kappa shape index (κ3) is 2.81. The molecule has 1 saturated carbocycles. The van der Waals surface area contributed by atoms with Crippen LogP contribution in [-0.4, -0.2) is 17.8 Å². The van der Waals surface area contributed by atoms with Crippen LogP contribution in [0.1, 0.15) is 36.7 Å². The topological polar surface area (TPSA) is 76.8 Å². The molecule has 2 aliphatic rings. The van der Waals surface area contributed by atoms with Gasteiger partial charge in [0.2, 0.25) is 17.6 Å². The Bertz CT molecular complexity index is 840. The van der Waals surface area contributed by atoms with Crippen LogP contribution in [0.2, 0.25) is 0 Å². The van der Waals surface area contributed by atoms with Gasteiger partial charge in [-0.1, -0.05) is 6.92 Å². The number of furan rings is 1. The maximum atomic E-state index is 12.7. The van der Waals surface area contributed by atoms with Crippen molar-refractivity contribution in [1.29, 1.82) is 0 Å². The van der Waals surface area contributed by atoms with Crippen molar-refractivity contribution in [2.45, 2.75) is 26.2 Å². The Labute approximate surface area is 150 Å². The summed E-state index contributed by atoms with van der Waals surface area (Å²) in [5.74, 6) is -0.346. The Morgan fingerprint density at radius 1 is 1.08 bits per heavy atom. The molecule has 0 bridgehead atoms. The molecule has 6 heteroatoms. The highest BCUT2D eigenvalue weighted by atomic mass is 16.5. The van der Waals surface area contributed by atoms with Crippen molar-refractivity contribution in [2.24, 2.45) is 17.8 Å². The van der Waals surface area contributed by atoms with Crippen LogP contribution >= 0.6 is 0 Å². The molecule has 2 heterocycles. The first-order valence-corrected chi connectivity index (χ1v) is 8.78. The van der Waals surface area contributed by atoms with Gasteiger partial charge >= 0.3 is 5.97 Å². The highest BCUT2D eigenvalue weighted by Gasteiger charge is 2.49. The summed E-state index contributed by atoms with van der Waals surface area (Å²) in [6.45, 7) is 2.12. The van der Waals surface area contributed by atoms with E-state index in [9.17, 15) is 14.4 Å². The number of esters is 1. The predicted octanol–water partition coefficient (Wildman–Crippen LogP) is 3.42. The number of benzene rings is 1. The Morgan fingerprint density at radius 3 is 2.50 bits per heavy atom. The first-order chi connectivity index (χ1) is 12.5. The minimum absolute atomic E-state index is 0.108. The standard InChI is InChI=1S/C20H19NO5/c1-12-4-9-15-16(11-12)19(23)21(18(15)22)13-5-7-14(8-6-13)26-20(24)17-3-2-10-25-17/h2-3,5-8,10,12,15-16H,4,9,11H2,1H3/t12-,15-,16+/m0/s1. The number of carbonyl (C=O) groups excluding carboxylic acids is 3. The average Bonchev–Trinajstić information content (AvgIpc) is 3.24. The normalized spacial score (nSPS) is 25.3. The lowest BCUT2D eigenvalue weighted by atomic mass is 9.76. The van der Waals surface area contributed by atoms with E-state index in [1.165, 1.54) is 17.2 Å². The summed E-state index contributed by atoms with van der Waals surface area (Å²) >= 11 is 0. The highest BCUT2D eigenvalue weighted by molar-refractivity contribution is 6.22. The lowest BCUT2D eigenvalue weighted by Gasteiger charge is -2.25. The van der Waals surface area contributed by atoms with Gasteiger partial charge < -0.3 is 9.15 Å². The van der Waals surface area contributed by atoms with Gasteiger partial charge in [0.25, 0.3) is 0 Å². The first-order valence-electron chi connectivity index (χ1n) is 8.78. The number of hydrogen-bond donors (Lipinski definition) is 0. The second-order valence-electron chi connectivity index (χ2n) is 7.00. The summed E-state index contributed by atoms with van der Waals surface area (Å²) in [4.78, 5) is 38.6. The highest BCUT2D eigenvalue weighted by Crippen LogP contribution is 2.42. The average molecular weight is 353 g/mol. The van der Waals surface area contributed by atoms with Gasteiger partial charge in [-0.3, -0.25) is 14.5 Å². The number of anilines is 1. The summed E-state index contributed by atoms with van der Waals surface area (Å²) < 4.78 is 10.2. The minimum atomic E-state index is -0.601. The molecule has 26 heavy (non-hydrogen) atoms. The number of rotatable bonds is 3. The molecule has 0 radical (unpaired) electrons. The molecule has 6 nitrogen and oxygen atoms in total. The molecule has 134 valence electrons. The molecule has 2 aromatic rings. The zero-order valence-electron chi connectivity index (χ0n) is 14.4. The van der Waals surface area contributed by atoms with Crippen LogP contribution in [-0.2, 0) is 9.59 Å². The number of carbonyl (C=O) groups is 3. The van der Waals surface area contributed by atoms with Crippen LogP contribution in [0.5, 0.6) is 5.75 Å². The molecule has 2 amide bonds. The van der Waals surface area contributed by atoms with E-state index in [1.54, 1.807) is 30.3 Å². The number of ether oxygens (including phenoxy) is 1. The molecule has 0 spiro atoms. The van der Waals surface area contributed by atoms with Gasteiger partial charge in [0, 0.05) is 0 Å². The molecular weight excluding hydrogens is 334 g/mol. The zero-order valence-corrected chi connectivity index (χ0v) is 14.4. The summed E-state index contributed by atoms with van der Waals surface area (Å²) in [5.41, 5.74) is 0.514. The van der Waals surface area contributed by atoms with Gasteiger partial charge in [0.15, 0.2) is 0 Å². The van der Waals surface area contributed by atoms with Crippen LogP contribution in [0.25, 0.3) is 0 Å². The molecule has 1 aliphatic carbocycles. The van der Waals surface area contributed by atoms with Crippen molar-refractivity contribution in [3.8, 4) is 5.75 Å². The Balaban J connectivity index is 1.51. The number of nitrogens with zero attached hydrogens (tertiary/aromatic N) is 1. The van der Waals surface area contributed by atoms with E-state index in [2.05, 4.69) is 6.92 Å². The van der Waals surface area contributed by atoms with Crippen molar-refractivity contribution < 1.29 is 23.5 Å². The summed E-state index contributed by atoms with van der Waals surface area (Å²) in [5, 5.41) is 0. The van der Waals surface area contributed by atoms with Crippen LogP contribution in [0, 0.1) is 17.8 Å². The Hall–Kier alpha value is -2.89. The van der Waals surface area contributed by atoms with Crippen LogP contribution < -0.4 is 9.64 Å². The van der Waals surface area contributed by atoms with E-state index in [-0.39, 0.29) is 29.4 Å². The van der Waals surface area contributed by atoms with E-state index in [4.69, 9.17) is 9.15 Å². The van der Waals surface area contributed by atoms with Gasteiger partial charge in [0.05, 0.1) is 23.8 Å². The molecule has 1 aliphatic heterocycles. The second-order valence-corrected chi connectivity index (χ2v) is 7.00. The fraction of sp³-hybridized carbons (Fsp3) is 0.350. The number of imide groups is 1. The maximum Gasteiger partial charge on any atom is 0.379 e. The smallest absolute Gasteiger partial charge is 0.379 e. The molecule has 1 aromatic heterocycles. The van der Waals surface area contributed by atoms with E-state index >= 15 is 0 Å². The Morgan fingerprint density at radius 2 is 1.81 bits per heavy atom. The van der Waals surface area contributed by atoms with E-state index < -0.39 is 5.97 Å². The van der Waals surface area contributed by atoms with Crippen molar-refractivity contribution in [3.05, 3.63) is 48.4 Å². The van der Waals surface area contributed by atoms with Crippen molar-refractivity contribution in [1.82, 2.24) is 0 Å². The molecule has 4 rings (SSSR count). The molecule has 1 saturated heterocycles. The van der Waals surface area contributed by atoms with Gasteiger partial charge in [-0.25, -0.2) is 4.79 Å². The third-order valence-corrected chi connectivity index (χ3v) is 5.22. The van der Waals surface area contributed by atoms with E-state index in [0.717, 1.165) is 19.3 Å². The van der Waals surface area contributed by atoms with E-state index in [1.807, 2.05) is 0 Å². The van der Waals surface area contributed by atoms with Gasteiger partial charge in [-0.05, 0) is 61.6 Å². The van der Waals surface area contributed by atoms with Gasteiger partial charge in [-0.2, -0.15) is 0 Å². The van der Waals surface area contributed by atoms with Crippen molar-refractivity contribution in [3.63, 3.8) is 0 Å². The molecule has 1 aromatic carbocycles. The third-order valence-electron chi connectivity index (χ3n) is 5.22. The fourth-order valence-corrected chi connectivity index (χ4v) is 3.86. The number of fused-ring (bicyclic) bond motifs is 1. The van der Waals surface area contributed by atoms with Crippen molar-refractivity contribution in [2.75, 3.05) is 4.90 Å². The lowest BCUT2D eigenvalue weighted by molar-refractivity contribution is -0.122. The van der Waals surface area contributed by atoms with Gasteiger partial charge in [-0.15, -0.1) is 0 Å². The van der Waals surface area contributed by atoms with Crippen LogP contribution in [0.3, 0.4) is 0 Å². The van der Waals surface area contributed by atoms with Crippen LogP contribution in [0.15, 0.2) is 47.1 Å². The zero-order chi connectivity index (χ0) is 18.3. The second kappa shape index (κ2) is 6.44. The fourth-order valence-electron chi connectivity index (χ4n) is 3.86. The minimum Gasteiger partial charge on any atom is -0.457 e. The van der Waals surface area contributed by atoms with Crippen molar-refractivity contribution >= 4 is 23.5 Å². The van der Waals surface area contributed by atoms with Gasteiger partial charge in [0.1, 0.15) is 5.75 Å². The molecular formula is C20H19NO5. The summed E-state index contributed by atoms with van der Waals surface area (Å²) in [6, 6.07) is 9.51. The molecule has 0 N–H and O–H groups in total. The summed E-state index contributed by atoms with van der Waals surface area (Å²) in [6.07, 6.45) is 3.91. The van der Waals surface area contributed by atoms with Crippen LogP contribution in [0.4, 0.5) is 5.69 Å².